The summed E-state index contributed by atoms with van der Waals surface area (Å²) in [5, 5.41) is 3.95. The molecule has 0 saturated carbocycles. The van der Waals surface area contributed by atoms with E-state index in [4.69, 9.17) is 14.2 Å². The molecule has 7 nitrogen and oxygen atoms in total. The molecule has 2 rings (SSSR count). The zero-order chi connectivity index (χ0) is 20.2. The number of carbonyl (C=O) groups is 2. The summed E-state index contributed by atoms with van der Waals surface area (Å²) in [6, 6.07) is 14.3. The molecule has 0 aromatic heterocycles. The number of ether oxygens (including phenoxy) is 3. The molecule has 0 fully saturated rings. The number of hydrazone groups is 1. The van der Waals surface area contributed by atoms with Crippen LogP contribution in [-0.2, 0) is 20.7 Å². The van der Waals surface area contributed by atoms with E-state index >= 15 is 0 Å². The number of rotatable bonds is 10. The number of nitrogens with one attached hydrogen (secondary N) is 1. The molecule has 0 bridgehead atoms. The molecule has 0 spiro atoms. The van der Waals surface area contributed by atoms with E-state index in [2.05, 4.69) is 10.5 Å². The minimum absolute atomic E-state index is 0.136. The van der Waals surface area contributed by atoms with E-state index in [0.717, 1.165) is 16.9 Å². The highest BCUT2D eigenvalue weighted by Gasteiger charge is 2.04. The first kappa shape index (κ1) is 21.0. The zero-order valence-corrected chi connectivity index (χ0v) is 16.0. The summed E-state index contributed by atoms with van der Waals surface area (Å²) in [7, 11) is 0. The first-order valence-electron chi connectivity index (χ1n) is 9.02. The fourth-order valence-electron chi connectivity index (χ4n) is 2.27. The van der Waals surface area contributed by atoms with Crippen LogP contribution in [0.1, 0.15) is 25.0 Å². The van der Waals surface area contributed by atoms with Gasteiger partial charge in [-0.1, -0.05) is 12.1 Å². The normalized spacial score (nSPS) is 10.5. The number of carbonyl (C=O) groups excluding carboxylic acids is 2. The van der Waals surface area contributed by atoms with Crippen molar-refractivity contribution in [2.45, 2.75) is 20.3 Å². The zero-order valence-electron chi connectivity index (χ0n) is 16.0. The van der Waals surface area contributed by atoms with Gasteiger partial charge in [-0.05, 0) is 61.4 Å². The van der Waals surface area contributed by atoms with Crippen LogP contribution in [0.3, 0.4) is 0 Å². The van der Waals surface area contributed by atoms with Crippen LogP contribution in [0.5, 0.6) is 11.5 Å². The van der Waals surface area contributed by atoms with Crippen LogP contribution in [0.25, 0.3) is 0 Å². The maximum Gasteiger partial charge on any atom is 0.344 e. The van der Waals surface area contributed by atoms with Crippen LogP contribution in [-0.4, -0.2) is 37.9 Å². The van der Waals surface area contributed by atoms with Gasteiger partial charge >= 0.3 is 5.97 Å². The minimum atomic E-state index is -0.414. The van der Waals surface area contributed by atoms with E-state index in [9.17, 15) is 9.59 Å². The second-order valence-corrected chi connectivity index (χ2v) is 5.71. The van der Waals surface area contributed by atoms with E-state index in [-0.39, 0.29) is 18.9 Å². The van der Waals surface area contributed by atoms with Gasteiger partial charge in [-0.25, -0.2) is 10.2 Å². The highest BCUT2D eigenvalue weighted by Crippen LogP contribution is 2.13. The second-order valence-electron chi connectivity index (χ2n) is 5.71. The topological polar surface area (TPSA) is 86.2 Å². The molecule has 0 aliphatic heterocycles. The Morgan fingerprint density at radius 1 is 0.929 bits per heavy atom. The third-order valence-corrected chi connectivity index (χ3v) is 3.54. The molecule has 0 heterocycles. The van der Waals surface area contributed by atoms with E-state index in [1.807, 2.05) is 31.2 Å². The Hall–Kier alpha value is -3.35. The molecule has 7 heteroatoms. The minimum Gasteiger partial charge on any atom is -0.494 e. The molecule has 0 radical (unpaired) electrons. The smallest absolute Gasteiger partial charge is 0.344 e. The molecule has 28 heavy (non-hydrogen) atoms. The fourth-order valence-corrected chi connectivity index (χ4v) is 2.27. The Bertz CT molecular complexity index is 785. The van der Waals surface area contributed by atoms with Crippen LogP contribution in [0.2, 0.25) is 0 Å². The average Bonchev–Trinajstić information content (AvgIpc) is 2.69. The monoisotopic (exact) mass is 384 g/mol. The lowest BCUT2D eigenvalue weighted by Gasteiger charge is -2.05. The Labute approximate surface area is 164 Å². The Balaban J connectivity index is 1.77. The van der Waals surface area contributed by atoms with Crippen molar-refractivity contribution in [3.05, 3.63) is 59.7 Å². The van der Waals surface area contributed by atoms with Crippen molar-refractivity contribution in [1.29, 1.82) is 0 Å². The predicted molar refractivity (Wildman–Crippen MR) is 106 cm³/mol. The summed E-state index contributed by atoms with van der Waals surface area (Å²) >= 11 is 0. The second kappa shape index (κ2) is 11.4. The standard InChI is InChI=1S/C21H24N2O5/c1-3-26-18-9-5-16(6-10-18)13-20(24)23-22-14-17-7-11-19(12-8-17)28-15-21(25)27-4-2/h5-12,14H,3-4,13,15H2,1-2H3,(H,23,24)/b22-14+. The highest BCUT2D eigenvalue weighted by molar-refractivity contribution is 5.83. The van der Waals surface area contributed by atoms with Crippen molar-refractivity contribution in [2.24, 2.45) is 5.10 Å². The molecule has 1 amide bonds. The number of nitrogens with zero attached hydrogens (tertiary/aromatic N) is 1. The number of hydrogen-bond donors (Lipinski definition) is 1. The Morgan fingerprint density at radius 3 is 2.21 bits per heavy atom. The predicted octanol–water partition coefficient (Wildman–Crippen LogP) is 2.72. The molecule has 2 aromatic carbocycles. The van der Waals surface area contributed by atoms with Crippen molar-refractivity contribution >= 4 is 18.1 Å². The van der Waals surface area contributed by atoms with Gasteiger partial charge in [0.2, 0.25) is 5.91 Å². The lowest BCUT2D eigenvalue weighted by molar-refractivity contribution is -0.145. The summed E-state index contributed by atoms with van der Waals surface area (Å²) in [5.41, 5.74) is 4.15. The van der Waals surface area contributed by atoms with Crippen molar-refractivity contribution in [3.63, 3.8) is 0 Å². The summed E-state index contributed by atoms with van der Waals surface area (Å²) in [6.07, 6.45) is 1.76. The summed E-state index contributed by atoms with van der Waals surface area (Å²) < 4.78 is 15.5. The molecular weight excluding hydrogens is 360 g/mol. The number of esters is 1. The van der Waals surface area contributed by atoms with Crippen molar-refractivity contribution in [1.82, 2.24) is 5.43 Å². The Morgan fingerprint density at radius 2 is 1.57 bits per heavy atom. The lowest BCUT2D eigenvalue weighted by atomic mass is 10.1. The molecule has 148 valence electrons. The first-order valence-corrected chi connectivity index (χ1v) is 9.02. The van der Waals surface area contributed by atoms with E-state index < -0.39 is 5.97 Å². The molecule has 0 aliphatic carbocycles. The van der Waals surface area contributed by atoms with Gasteiger partial charge in [0.05, 0.1) is 25.8 Å². The molecule has 0 saturated heterocycles. The van der Waals surface area contributed by atoms with E-state index in [0.29, 0.717) is 19.0 Å². The van der Waals surface area contributed by atoms with Gasteiger partial charge in [-0.3, -0.25) is 4.79 Å². The van der Waals surface area contributed by atoms with Crippen molar-refractivity contribution in [2.75, 3.05) is 19.8 Å². The maximum atomic E-state index is 11.9. The van der Waals surface area contributed by atoms with E-state index in [1.165, 1.54) is 6.21 Å². The van der Waals surface area contributed by atoms with Crippen LogP contribution in [0, 0.1) is 0 Å². The van der Waals surface area contributed by atoms with Crippen LogP contribution in [0.4, 0.5) is 0 Å². The number of amides is 1. The van der Waals surface area contributed by atoms with Gasteiger partial charge in [0.15, 0.2) is 6.61 Å². The number of hydrogen-bond acceptors (Lipinski definition) is 6. The Kier molecular flexibility index (Phi) is 8.52. The lowest BCUT2D eigenvalue weighted by Crippen LogP contribution is -2.19. The summed E-state index contributed by atoms with van der Waals surface area (Å²) in [4.78, 5) is 23.2. The number of benzene rings is 2. The van der Waals surface area contributed by atoms with Crippen LogP contribution >= 0.6 is 0 Å². The van der Waals surface area contributed by atoms with Gasteiger partial charge in [0, 0.05) is 0 Å². The third-order valence-electron chi connectivity index (χ3n) is 3.54. The summed E-state index contributed by atoms with van der Waals surface area (Å²) in [5.74, 6) is 0.697. The molecule has 0 aliphatic rings. The van der Waals surface area contributed by atoms with Crippen LogP contribution < -0.4 is 14.9 Å². The molecule has 0 atom stereocenters. The highest BCUT2D eigenvalue weighted by atomic mass is 16.6. The molecule has 0 unspecified atom stereocenters. The SMILES string of the molecule is CCOC(=O)COc1ccc(/C=N/NC(=O)Cc2ccc(OCC)cc2)cc1. The average molecular weight is 384 g/mol. The van der Waals surface area contributed by atoms with Crippen molar-refractivity contribution < 1.29 is 23.8 Å². The molecule has 2 aromatic rings. The van der Waals surface area contributed by atoms with Gasteiger partial charge in [0.1, 0.15) is 11.5 Å². The van der Waals surface area contributed by atoms with E-state index in [1.54, 1.807) is 31.2 Å². The van der Waals surface area contributed by atoms with Gasteiger partial charge in [-0.15, -0.1) is 0 Å². The quantitative estimate of drug-likeness (QED) is 0.387. The largest absolute Gasteiger partial charge is 0.494 e. The van der Waals surface area contributed by atoms with Crippen molar-refractivity contribution in [3.8, 4) is 11.5 Å². The van der Waals surface area contributed by atoms with Crippen LogP contribution in [0.15, 0.2) is 53.6 Å². The first-order chi connectivity index (χ1) is 13.6. The van der Waals surface area contributed by atoms with Gasteiger partial charge in [-0.2, -0.15) is 5.10 Å². The molecule has 1 N–H and O–H groups in total. The van der Waals surface area contributed by atoms with Gasteiger partial charge < -0.3 is 14.2 Å². The van der Waals surface area contributed by atoms with Gasteiger partial charge in [0.25, 0.3) is 0 Å². The maximum absolute atomic E-state index is 11.9. The third kappa shape index (κ3) is 7.49. The molecular formula is C21H24N2O5. The summed E-state index contributed by atoms with van der Waals surface area (Å²) in [6.45, 7) is 4.45. The fraction of sp³-hybridized carbons (Fsp3) is 0.286.